The van der Waals surface area contributed by atoms with Gasteiger partial charge in [0.2, 0.25) is 0 Å². The van der Waals surface area contributed by atoms with E-state index in [-0.39, 0.29) is 12.1 Å². The van der Waals surface area contributed by atoms with Crippen molar-refractivity contribution in [3.05, 3.63) is 117 Å². The molecule has 7 nitrogen and oxygen atoms in total. The second kappa shape index (κ2) is 18.6. The van der Waals surface area contributed by atoms with E-state index in [0.717, 1.165) is 82.4 Å². The molecule has 1 aliphatic rings. The molecule has 7 heteroatoms. The first-order valence-electron chi connectivity index (χ1n) is 19.6. The van der Waals surface area contributed by atoms with E-state index in [4.69, 9.17) is 4.99 Å². The number of nitrogens with zero attached hydrogens (tertiary/aromatic N) is 5. The van der Waals surface area contributed by atoms with E-state index in [1.807, 2.05) is 12.3 Å². The summed E-state index contributed by atoms with van der Waals surface area (Å²) in [6.45, 7) is 18.1. The van der Waals surface area contributed by atoms with Crippen LogP contribution in [-0.4, -0.2) is 71.1 Å². The van der Waals surface area contributed by atoms with Gasteiger partial charge in [-0.25, -0.2) is 4.99 Å². The van der Waals surface area contributed by atoms with Crippen molar-refractivity contribution in [3.8, 4) is 17.2 Å². The van der Waals surface area contributed by atoms with Crippen molar-refractivity contribution in [1.82, 2.24) is 20.1 Å². The zero-order chi connectivity index (χ0) is 38.0. The zero-order valence-electron chi connectivity index (χ0n) is 33.2. The number of hydrogen-bond donors (Lipinski definition) is 2. The molecule has 2 heterocycles. The highest BCUT2D eigenvalue weighted by atomic mass is 16.3. The van der Waals surface area contributed by atoms with E-state index in [2.05, 4.69) is 123 Å². The standard InChI is InChI=1S/C46H60N6O/c1-8-11-45(52-22-20-51(7)21-23-52)50-44-27-41(16-14-33(44)3)43-13-10-12-38(35(43)5)18-19-39-26-40(17-15-36-25-37(28-47)30-48-29-36)42(24-34(39)4)31-49-46(6,9-2)32-53/h10,12-14,16,24-27,29-30,49,53H,8-9,11,15,17-23,31-32H2,1-7H3. The summed E-state index contributed by atoms with van der Waals surface area (Å²) in [5.74, 6) is 1.21. The molecular weight excluding hydrogens is 653 g/mol. The van der Waals surface area contributed by atoms with Crippen molar-refractivity contribution in [3.63, 3.8) is 0 Å². The number of benzene rings is 3. The molecule has 1 atom stereocenters. The summed E-state index contributed by atoms with van der Waals surface area (Å²) >= 11 is 0. The molecule has 4 aromatic rings. The monoisotopic (exact) mass is 712 g/mol. The Kier molecular flexibility index (Phi) is 14.0. The average molecular weight is 713 g/mol. The highest BCUT2D eigenvalue weighted by Gasteiger charge is 2.21. The number of aliphatic imine (C=N–C) groups is 1. The fourth-order valence-electron chi connectivity index (χ4n) is 7.24. The van der Waals surface area contributed by atoms with E-state index >= 15 is 0 Å². The Labute approximate surface area is 318 Å². The van der Waals surface area contributed by atoms with Crippen LogP contribution < -0.4 is 5.32 Å². The Balaban J connectivity index is 1.39. The van der Waals surface area contributed by atoms with Crippen LogP contribution in [0, 0.1) is 32.1 Å². The fourth-order valence-corrected chi connectivity index (χ4v) is 7.24. The highest BCUT2D eigenvalue weighted by molar-refractivity contribution is 5.86. The quantitative estimate of drug-likeness (QED) is 0.0951. The molecule has 0 radical (unpaired) electrons. The maximum absolute atomic E-state index is 10.1. The lowest BCUT2D eigenvalue weighted by Crippen LogP contribution is -2.47. The number of amidine groups is 1. The first-order valence-corrected chi connectivity index (χ1v) is 19.6. The van der Waals surface area contributed by atoms with Crippen molar-refractivity contribution in [1.29, 1.82) is 5.26 Å². The molecule has 1 aromatic heterocycles. The Bertz CT molecular complexity index is 1910. The number of piperazine rings is 1. The van der Waals surface area contributed by atoms with Gasteiger partial charge < -0.3 is 20.2 Å². The molecule has 0 spiro atoms. The largest absolute Gasteiger partial charge is 0.394 e. The molecule has 0 saturated carbocycles. The first kappa shape index (κ1) is 39.8. The molecule has 0 bridgehead atoms. The smallest absolute Gasteiger partial charge is 0.105 e. The van der Waals surface area contributed by atoms with E-state index in [0.29, 0.717) is 12.1 Å². The van der Waals surface area contributed by atoms with Gasteiger partial charge in [0.15, 0.2) is 0 Å². The third-order valence-electron chi connectivity index (χ3n) is 11.3. The van der Waals surface area contributed by atoms with Gasteiger partial charge in [0.25, 0.3) is 0 Å². The Hall–Kier alpha value is -4.35. The normalized spacial score (nSPS) is 15.0. The van der Waals surface area contributed by atoms with E-state index in [1.54, 1.807) is 6.20 Å². The molecular formula is C46H60N6O. The van der Waals surface area contributed by atoms with Crippen LogP contribution >= 0.6 is 0 Å². The van der Waals surface area contributed by atoms with Crippen LogP contribution in [0.25, 0.3) is 11.1 Å². The number of nitriles is 1. The number of aliphatic hydroxyl groups excluding tert-OH is 1. The minimum Gasteiger partial charge on any atom is -0.394 e. The van der Waals surface area contributed by atoms with Crippen molar-refractivity contribution < 1.29 is 5.11 Å². The lowest BCUT2D eigenvalue weighted by Gasteiger charge is -2.34. The number of aromatic nitrogens is 1. The van der Waals surface area contributed by atoms with Gasteiger partial charge in [-0.3, -0.25) is 4.98 Å². The van der Waals surface area contributed by atoms with E-state index < -0.39 is 0 Å². The molecule has 2 N–H and O–H groups in total. The lowest BCUT2D eigenvalue weighted by molar-refractivity contribution is 0.169. The van der Waals surface area contributed by atoms with Gasteiger partial charge in [-0.15, -0.1) is 0 Å². The summed E-state index contributed by atoms with van der Waals surface area (Å²) in [4.78, 5) is 14.5. The number of aryl methyl sites for hydroxylation is 6. The van der Waals surface area contributed by atoms with Gasteiger partial charge in [-0.2, -0.15) is 5.26 Å². The molecule has 1 saturated heterocycles. The number of hydrogen-bond acceptors (Lipinski definition) is 6. The lowest BCUT2D eigenvalue weighted by atomic mass is 9.89. The minimum absolute atomic E-state index is 0.0918. The van der Waals surface area contributed by atoms with E-state index in [1.165, 1.54) is 55.9 Å². The maximum Gasteiger partial charge on any atom is 0.105 e. The predicted octanol–water partition coefficient (Wildman–Crippen LogP) is 8.44. The van der Waals surface area contributed by atoms with Crippen LogP contribution in [-0.2, 0) is 32.2 Å². The molecule has 0 aliphatic carbocycles. The second-order valence-corrected chi connectivity index (χ2v) is 15.3. The molecule has 1 fully saturated rings. The van der Waals surface area contributed by atoms with Crippen LogP contribution in [0.15, 0.2) is 72.0 Å². The summed E-state index contributed by atoms with van der Waals surface area (Å²) in [6, 6.07) is 22.4. The van der Waals surface area contributed by atoms with Crippen molar-refractivity contribution >= 4 is 11.5 Å². The fraction of sp³-hybridized carbons (Fsp3) is 0.457. The molecule has 1 unspecified atom stereocenters. The molecule has 5 rings (SSSR count). The predicted molar refractivity (Wildman–Crippen MR) is 220 cm³/mol. The number of pyridine rings is 1. The van der Waals surface area contributed by atoms with Gasteiger partial charge in [-0.1, -0.05) is 56.3 Å². The van der Waals surface area contributed by atoms with Crippen LogP contribution in [0.4, 0.5) is 5.69 Å². The summed E-state index contributed by atoms with van der Waals surface area (Å²) in [6.07, 6.45) is 9.95. The molecule has 280 valence electrons. The van der Waals surface area contributed by atoms with Crippen molar-refractivity contribution in [2.45, 2.75) is 98.6 Å². The van der Waals surface area contributed by atoms with Gasteiger partial charge in [0.1, 0.15) is 11.9 Å². The Morgan fingerprint density at radius 1 is 0.887 bits per heavy atom. The van der Waals surface area contributed by atoms with Crippen LogP contribution in [0.5, 0.6) is 0 Å². The molecule has 3 aromatic carbocycles. The van der Waals surface area contributed by atoms with Gasteiger partial charge in [-0.05, 0) is 141 Å². The molecule has 53 heavy (non-hydrogen) atoms. The Morgan fingerprint density at radius 3 is 2.36 bits per heavy atom. The minimum atomic E-state index is -0.329. The number of nitrogens with one attached hydrogen (secondary N) is 1. The van der Waals surface area contributed by atoms with Crippen LogP contribution in [0.1, 0.15) is 90.1 Å². The highest BCUT2D eigenvalue weighted by Crippen LogP contribution is 2.32. The SMILES string of the molecule is CCCC(=Nc1cc(-c2cccc(CCc3cc(CCc4cncc(C#N)c4)c(CNC(C)(CC)CO)cc3C)c2C)ccc1C)N1CCN(C)CC1. The van der Waals surface area contributed by atoms with Gasteiger partial charge >= 0.3 is 0 Å². The maximum atomic E-state index is 10.1. The molecule has 0 amide bonds. The zero-order valence-corrected chi connectivity index (χ0v) is 33.2. The number of rotatable bonds is 15. The van der Waals surface area contributed by atoms with Gasteiger partial charge in [0, 0.05) is 57.1 Å². The van der Waals surface area contributed by atoms with Crippen molar-refractivity contribution in [2.75, 3.05) is 39.8 Å². The second-order valence-electron chi connectivity index (χ2n) is 15.3. The number of aliphatic hydroxyl groups is 1. The van der Waals surface area contributed by atoms with E-state index in [9.17, 15) is 10.4 Å². The van der Waals surface area contributed by atoms with Crippen LogP contribution in [0.3, 0.4) is 0 Å². The third kappa shape index (κ3) is 10.4. The third-order valence-corrected chi connectivity index (χ3v) is 11.3. The topological polar surface area (TPSA) is 87.8 Å². The van der Waals surface area contributed by atoms with Gasteiger partial charge in [0.05, 0.1) is 17.9 Å². The van der Waals surface area contributed by atoms with Crippen LogP contribution in [0.2, 0.25) is 0 Å². The summed E-state index contributed by atoms with van der Waals surface area (Å²) in [5, 5.41) is 23.1. The molecule has 1 aliphatic heterocycles. The summed E-state index contributed by atoms with van der Waals surface area (Å²) < 4.78 is 0. The Morgan fingerprint density at radius 2 is 1.64 bits per heavy atom. The summed E-state index contributed by atoms with van der Waals surface area (Å²) in [5.41, 5.74) is 14.0. The summed E-state index contributed by atoms with van der Waals surface area (Å²) in [7, 11) is 2.20. The number of likely N-dealkylation sites (N-methyl/N-ethyl adjacent to an activating group) is 1. The van der Waals surface area contributed by atoms with Crippen molar-refractivity contribution in [2.24, 2.45) is 4.99 Å². The average Bonchev–Trinajstić information content (AvgIpc) is 3.17. The first-order chi connectivity index (χ1) is 25.6.